The molecule has 124 valence electrons. The standard InChI is InChI=1S/C16H22N4O3/c1-10(22)20-6-11(19-13(7-20)14(23)8-21)5-12-15(16(2,3)4)18-9-17-12/h5,8-9,13,19H,6-7H2,1-4H3,(H,17,18)/b11-5-. The van der Waals surface area contributed by atoms with E-state index in [2.05, 4.69) is 36.1 Å². The summed E-state index contributed by atoms with van der Waals surface area (Å²) in [6.07, 6.45) is 3.72. The number of carbonyl (C=O) groups excluding carboxylic acids is 3. The first-order valence-electron chi connectivity index (χ1n) is 7.48. The van der Waals surface area contributed by atoms with E-state index in [0.717, 1.165) is 11.4 Å². The highest BCUT2D eigenvalue weighted by molar-refractivity contribution is 6.27. The van der Waals surface area contributed by atoms with Crippen LogP contribution in [0.25, 0.3) is 6.08 Å². The molecular weight excluding hydrogens is 296 g/mol. The summed E-state index contributed by atoms with van der Waals surface area (Å²) in [5.41, 5.74) is 2.28. The molecule has 0 aliphatic carbocycles. The lowest BCUT2D eigenvalue weighted by Crippen LogP contribution is -2.54. The molecule has 1 amide bonds. The smallest absolute Gasteiger partial charge is 0.219 e. The molecule has 2 heterocycles. The number of rotatable bonds is 3. The number of hydrogen-bond donors (Lipinski definition) is 2. The van der Waals surface area contributed by atoms with Crippen molar-refractivity contribution in [2.75, 3.05) is 13.1 Å². The largest absolute Gasteiger partial charge is 0.375 e. The van der Waals surface area contributed by atoms with Crippen molar-refractivity contribution < 1.29 is 14.4 Å². The van der Waals surface area contributed by atoms with Gasteiger partial charge in [0.1, 0.15) is 6.04 Å². The number of imidazole rings is 1. The van der Waals surface area contributed by atoms with Crippen LogP contribution in [0.5, 0.6) is 0 Å². The summed E-state index contributed by atoms with van der Waals surface area (Å²) in [5, 5.41) is 3.04. The molecule has 1 fully saturated rings. The number of aldehydes is 1. The molecule has 0 spiro atoms. The molecule has 0 bridgehead atoms. The maximum atomic E-state index is 11.7. The summed E-state index contributed by atoms with van der Waals surface area (Å²) in [4.78, 5) is 43.1. The van der Waals surface area contributed by atoms with Crippen molar-refractivity contribution in [1.82, 2.24) is 20.2 Å². The second-order valence-electron chi connectivity index (χ2n) is 6.70. The molecule has 1 aliphatic heterocycles. The van der Waals surface area contributed by atoms with E-state index >= 15 is 0 Å². The molecule has 2 rings (SSSR count). The number of H-pyrrole nitrogens is 1. The van der Waals surface area contributed by atoms with Gasteiger partial charge >= 0.3 is 0 Å². The van der Waals surface area contributed by atoms with Gasteiger partial charge in [0.25, 0.3) is 0 Å². The quantitative estimate of drug-likeness (QED) is 0.630. The van der Waals surface area contributed by atoms with E-state index in [-0.39, 0.29) is 24.2 Å². The van der Waals surface area contributed by atoms with Crippen molar-refractivity contribution in [3.05, 3.63) is 23.4 Å². The summed E-state index contributed by atoms with van der Waals surface area (Å²) in [7, 11) is 0. The van der Waals surface area contributed by atoms with Crippen LogP contribution in [0.1, 0.15) is 39.1 Å². The summed E-state index contributed by atoms with van der Waals surface area (Å²) < 4.78 is 0. The molecule has 1 aromatic heterocycles. The van der Waals surface area contributed by atoms with Crippen molar-refractivity contribution >= 4 is 24.1 Å². The Morgan fingerprint density at radius 3 is 2.65 bits per heavy atom. The maximum absolute atomic E-state index is 11.7. The van der Waals surface area contributed by atoms with E-state index in [9.17, 15) is 14.4 Å². The highest BCUT2D eigenvalue weighted by Gasteiger charge is 2.29. The SMILES string of the molecule is CC(=O)N1C/C(=C/c2nc[nH]c2C(C)(C)C)NC(C(=O)C=O)C1. The van der Waals surface area contributed by atoms with Crippen LogP contribution in [0, 0.1) is 0 Å². The van der Waals surface area contributed by atoms with Crippen molar-refractivity contribution in [2.24, 2.45) is 0 Å². The second kappa shape index (κ2) is 6.36. The van der Waals surface area contributed by atoms with Gasteiger partial charge in [-0.1, -0.05) is 20.8 Å². The number of piperazine rings is 1. The van der Waals surface area contributed by atoms with Crippen molar-refractivity contribution in [3.63, 3.8) is 0 Å². The average molecular weight is 318 g/mol. The minimum atomic E-state index is -0.714. The van der Waals surface area contributed by atoms with Crippen LogP contribution in [0.2, 0.25) is 0 Å². The molecule has 1 aliphatic rings. The van der Waals surface area contributed by atoms with Gasteiger partial charge in [-0.15, -0.1) is 0 Å². The van der Waals surface area contributed by atoms with Gasteiger partial charge in [0.2, 0.25) is 11.7 Å². The number of aromatic amines is 1. The lowest BCUT2D eigenvalue weighted by atomic mass is 9.90. The third kappa shape index (κ3) is 3.85. The number of hydrogen-bond acceptors (Lipinski definition) is 5. The first-order chi connectivity index (χ1) is 10.7. The molecule has 7 heteroatoms. The molecule has 2 N–H and O–H groups in total. The molecule has 0 saturated carbocycles. The first kappa shape index (κ1) is 16.9. The average Bonchev–Trinajstić information content (AvgIpc) is 2.94. The predicted octanol–water partition coefficient (Wildman–Crippen LogP) is 0.636. The van der Waals surface area contributed by atoms with E-state index in [1.54, 1.807) is 6.33 Å². The van der Waals surface area contributed by atoms with Gasteiger partial charge in [0, 0.05) is 30.3 Å². The molecule has 0 radical (unpaired) electrons. The molecule has 1 unspecified atom stereocenters. The summed E-state index contributed by atoms with van der Waals surface area (Å²) >= 11 is 0. The maximum Gasteiger partial charge on any atom is 0.219 e. The summed E-state index contributed by atoms with van der Waals surface area (Å²) in [6, 6.07) is -0.714. The van der Waals surface area contributed by atoms with Crippen LogP contribution < -0.4 is 5.32 Å². The Morgan fingerprint density at radius 2 is 2.09 bits per heavy atom. The van der Waals surface area contributed by atoms with Gasteiger partial charge in [0.15, 0.2) is 6.29 Å². The zero-order valence-corrected chi connectivity index (χ0v) is 13.8. The van der Waals surface area contributed by atoms with E-state index in [0.29, 0.717) is 12.2 Å². The van der Waals surface area contributed by atoms with Crippen LogP contribution >= 0.6 is 0 Å². The lowest BCUT2D eigenvalue weighted by Gasteiger charge is -2.34. The summed E-state index contributed by atoms with van der Waals surface area (Å²) in [6.45, 7) is 8.19. The van der Waals surface area contributed by atoms with Crippen LogP contribution in [-0.2, 0) is 19.8 Å². The zero-order chi connectivity index (χ0) is 17.2. The molecule has 1 saturated heterocycles. The fourth-order valence-electron chi connectivity index (χ4n) is 2.56. The number of ketones is 1. The summed E-state index contributed by atoms with van der Waals surface area (Å²) in [5.74, 6) is -0.709. The minimum Gasteiger partial charge on any atom is -0.375 e. The van der Waals surface area contributed by atoms with Crippen LogP contribution in [0.4, 0.5) is 0 Å². The predicted molar refractivity (Wildman–Crippen MR) is 85.5 cm³/mol. The Morgan fingerprint density at radius 1 is 1.39 bits per heavy atom. The monoisotopic (exact) mass is 318 g/mol. The Bertz CT molecular complexity index is 655. The van der Waals surface area contributed by atoms with E-state index in [1.807, 2.05) is 6.08 Å². The number of nitrogens with zero attached hydrogens (tertiary/aromatic N) is 2. The number of Topliss-reactive ketones (excluding diaryl/α,β-unsaturated/α-hetero) is 1. The van der Waals surface area contributed by atoms with Gasteiger partial charge in [0.05, 0.1) is 18.6 Å². The Hall–Kier alpha value is -2.44. The molecule has 1 aromatic rings. The van der Waals surface area contributed by atoms with E-state index < -0.39 is 11.8 Å². The Labute approximate surface area is 135 Å². The van der Waals surface area contributed by atoms with Crippen molar-refractivity contribution in [3.8, 4) is 0 Å². The first-order valence-corrected chi connectivity index (χ1v) is 7.48. The highest BCUT2D eigenvalue weighted by atomic mass is 16.2. The number of nitrogens with one attached hydrogen (secondary N) is 2. The third-order valence-corrected chi connectivity index (χ3v) is 3.76. The normalized spacial score (nSPS) is 20.3. The van der Waals surface area contributed by atoms with Crippen LogP contribution in [0.3, 0.4) is 0 Å². The van der Waals surface area contributed by atoms with E-state index in [4.69, 9.17) is 0 Å². The number of amides is 1. The fourth-order valence-corrected chi connectivity index (χ4v) is 2.56. The van der Waals surface area contributed by atoms with Gasteiger partial charge in [-0.05, 0) is 6.08 Å². The molecular formula is C16H22N4O3. The van der Waals surface area contributed by atoms with Crippen LogP contribution in [0.15, 0.2) is 12.0 Å². The van der Waals surface area contributed by atoms with Crippen molar-refractivity contribution in [1.29, 1.82) is 0 Å². The van der Waals surface area contributed by atoms with Gasteiger partial charge < -0.3 is 15.2 Å². The topological polar surface area (TPSA) is 95.2 Å². The molecule has 7 nitrogen and oxygen atoms in total. The number of aromatic nitrogens is 2. The Balaban J connectivity index is 2.33. The van der Waals surface area contributed by atoms with Crippen LogP contribution in [-0.4, -0.2) is 52.0 Å². The Kier molecular flexibility index (Phi) is 4.68. The third-order valence-electron chi connectivity index (χ3n) is 3.76. The zero-order valence-electron chi connectivity index (χ0n) is 13.8. The second-order valence-corrected chi connectivity index (χ2v) is 6.70. The van der Waals surface area contributed by atoms with Gasteiger partial charge in [-0.2, -0.15) is 0 Å². The molecule has 1 atom stereocenters. The van der Waals surface area contributed by atoms with E-state index in [1.165, 1.54) is 11.8 Å². The van der Waals surface area contributed by atoms with Gasteiger partial charge in [-0.3, -0.25) is 14.4 Å². The molecule has 0 aromatic carbocycles. The number of carbonyl (C=O) groups is 3. The van der Waals surface area contributed by atoms with Crippen molar-refractivity contribution in [2.45, 2.75) is 39.2 Å². The fraction of sp³-hybridized carbons (Fsp3) is 0.500. The lowest BCUT2D eigenvalue weighted by molar-refractivity contribution is -0.134. The highest BCUT2D eigenvalue weighted by Crippen LogP contribution is 2.24. The minimum absolute atomic E-state index is 0.115. The molecule has 23 heavy (non-hydrogen) atoms. The van der Waals surface area contributed by atoms with Gasteiger partial charge in [-0.25, -0.2) is 4.98 Å².